The van der Waals surface area contributed by atoms with Gasteiger partial charge in [0, 0.05) is 11.3 Å². The number of nitrogens with one attached hydrogen (secondary N) is 2. The van der Waals surface area contributed by atoms with Gasteiger partial charge in [0.05, 0.1) is 17.1 Å². The molecule has 162 valence electrons. The molecule has 2 heterocycles. The molecule has 0 spiro atoms. The molecule has 32 heavy (non-hydrogen) atoms. The van der Waals surface area contributed by atoms with Crippen LogP contribution in [0.1, 0.15) is 29.8 Å². The number of thioether (sulfide) groups is 1. The molecule has 8 nitrogen and oxygen atoms in total. The lowest BCUT2D eigenvalue weighted by Crippen LogP contribution is -2.23. The van der Waals surface area contributed by atoms with Gasteiger partial charge in [-0.05, 0) is 57.2 Å². The van der Waals surface area contributed by atoms with Crippen LogP contribution in [0.2, 0.25) is 0 Å². The van der Waals surface area contributed by atoms with Crippen molar-refractivity contribution in [1.82, 2.24) is 19.7 Å². The van der Waals surface area contributed by atoms with Crippen LogP contribution in [0.15, 0.2) is 64.7 Å². The van der Waals surface area contributed by atoms with E-state index in [0.29, 0.717) is 27.4 Å². The largest absolute Gasteiger partial charge is 0.325 e. The summed E-state index contributed by atoms with van der Waals surface area (Å²) in [5.41, 5.74) is 3.17. The number of aromatic amines is 1. The van der Waals surface area contributed by atoms with E-state index in [0.717, 1.165) is 23.0 Å². The molecule has 4 rings (SSSR count). The van der Waals surface area contributed by atoms with Gasteiger partial charge < -0.3 is 10.3 Å². The van der Waals surface area contributed by atoms with Gasteiger partial charge >= 0.3 is 0 Å². The first-order valence-electron chi connectivity index (χ1n) is 9.95. The van der Waals surface area contributed by atoms with Gasteiger partial charge in [0.15, 0.2) is 16.6 Å². The molecule has 1 amide bonds. The average Bonchev–Trinajstić information content (AvgIpc) is 3.19. The van der Waals surface area contributed by atoms with Gasteiger partial charge in [-0.2, -0.15) is 5.10 Å². The van der Waals surface area contributed by atoms with E-state index in [9.17, 15) is 14.4 Å². The first-order chi connectivity index (χ1) is 15.3. The summed E-state index contributed by atoms with van der Waals surface area (Å²) in [6.45, 7) is 5.21. The fourth-order valence-corrected chi connectivity index (χ4v) is 3.87. The van der Waals surface area contributed by atoms with Gasteiger partial charge in [0.1, 0.15) is 5.39 Å². The third-order valence-corrected chi connectivity index (χ3v) is 5.90. The topological polar surface area (TPSA) is 110 Å². The van der Waals surface area contributed by atoms with E-state index >= 15 is 0 Å². The number of benzene rings is 2. The van der Waals surface area contributed by atoms with Gasteiger partial charge in [0.2, 0.25) is 5.91 Å². The van der Waals surface area contributed by atoms with Crippen molar-refractivity contribution in [3.05, 3.63) is 76.2 Å². The highest BCUT2D eigenvalue weighted by molar-refractivity contribution is 8.00. The summed E-state index contributed by atoms with van der Waals surface area (Å²) < 4.78 is 1.61. The monoisotopic (exact) mass is 447 g/mol. The molecule has 0 bridgehead atoms. The summed E-state index contributed by atoms with van der Waals surface area (Å²) in [5, 5.41) is 7.29. The minimum absolute atomic E-state index is 0.0397. The highest BCUT2D eigenvalue weighted by Gasteiger charge is 2.18. The third kappa shape index (κ3) is 4.47. The first kappa shape index (κ1) is 21.5. The summed E-state index contributed by atoms with van der Waals surface area (Å²) in [6, 6.07) is 14.4. The van der Waals surface area contributed by atoms with E-state index < -0.39 is 5.25 Å². The number of amides is 1. The molecular formula is C23H21N5O3S. The third-order valence-electron chi connectivity index (χ3n) is 4.91. The Morgan fingerprint density at radius 1 is 1.09 bits per heavy atom. The van der Waals surface area contributed by atoms with Crippen LogP contribution in [0.5, 0.6) is 0 Å². The second-order valence-corrected chi connectivity index (χ2v) is 8.71. The van der Waals surface area contributed by atoms with Crippen LogP contribution in [0.4, 0.5) is 5.69 Å². The molecule has 0 aliphatic heterocycles. The predicted molar refractivity (Wildman–Crippen MR) is 125 cm³/mol. The lowest BCUT2D eigenvalue weighted by atomic mass is 10.1. The minimum Gasteiger partial charge on any atom is -0.325 e. The molecule has 1 unspecified atom stereocenters. The molecular weight excluding hydrogens is 426 g/mol. The summed E-state index contributed by atoms with van der Waals surface area (Å²) in [5.74, 6) is -0.289. The minimum atomic E-state index is -0.529. The number of fused-ring (bicyclic) bond motifs is 1. The van der Waals surface area contributed by atoms with E-state index in [1.54, 1.807) is 35.9 Å². The molecule has 0 aliphatic carbocycles. The van der Waals surface area contributed by atoms with E-state index in [1.807, 2.05) is 31.2 Å². The van der Waals surface area contributed by atoms with E-state index in [-0.39, 0.29) is 17.2 Å². The zero-order valence-electron chi connectivity index (χ0n) is 17.7. The standard InChI is InChI=1S/C23H21N5O3S/c1-13-4-10-18(11-5-13)28-20-19(12-24-28)22(31)27-23(26-20)32-15(3)21(30)25-17-8-6-16(7-9-17)14(2)29/h4-12,15H,1-3H3,(H,25,30)(H,26,27,31). The van der Waals surface area contributed by atoms with Crippen molar-refractivity contribution in [2.75, 3.05) is 5.32 Å². The fraction of sp³-hybridized carbons (Fsp3) is 0.174. The van der Waals surface area contributed by atoms with Crippen LogP contribution in [0, 0.1) is 6.92 Å². The second kappa shape index (κ2) is 8.80. The Hall–Kier alpha value is -3.72. The maximum atomic E-state index is 12.6. The van der Waals surface area contributed by atoms with E-state index in [2.05, 4.69) is 20.4 Å². The Balaban J connectivity index is 1.54. The van der Waals surface area contributed by atoms with Crippen LogP contribution in [-0.4, -0.2) is 36.7 Å². The van der Waals surface area contributed by atoms with Gasteiger partial charge in [-0.3, -0.25) is 14.4 Å². The Bertz CT molecular complexity index is 1360. The number of hydrogen-bond acceptors (Lipinski definition) is 6. The van der Waals surface area contributed by atoms with Crippen LogP contribution >= 0.6 is 11.8 Å². The van der Waals surface area contributed by atoms with E-state index in [1.165, 1.54) is 13.1 Å². The molecule has 2 aromatic heterocycles. The van der Waals surface area contributed by atoms with Crippen LogP contribution < -0.4 is 10.9 Å². The smallest absolute Gasteiger partial charge is 0.262 e. The Morgan fingerprint density at radius 2 is 1.78 bits per heavy atom. The first-order valence-corrected chi connectivity index (χ1v) is 10.8. The molecule has 2 N–H and O–H groups in total. The lowest BCUT2D eigenvalue weighted by molar-refractivity contribution is -0.115. The second-order valence-electron chi connectivity index (χ2n) is 7.38. The normalized spacial score (nSPS) is 12.0. The Kier molecular flexibility index (Phi) is 5.91. The molecule has 1 atom stereocenters. The average molecular weight is 448 g/mol. The van der Waals surface area contributed by atoms with Crippen LogP contribution in [0.25, 0.3) is 16.7 Å². The van der Waals surface area contributed by atoms with Crippen LogP contribution in [-0.2, 0) is 4.79 Å². The molecule has 0 saturated heterocycles. The Labute approximate surface area is 188 Å². The molecule has 4 aromatic rings. The number of carbonyl (C=O) groups excluding carboxylic acids is 2. The summed E-state index contributed by atoms with van der Waals surface area (Å²) in [7, 11) is 0. The number of anilines is 1. The molecule has 0 radical (unpaired) electrons. The molecule has 2 aromatic carbocycles. The lowest BCUT2D eigenvalue weighted by Gasteiger charge is -2.12. The number of aromatic nitrogens is 4. The number of aryl methyl sites for hydroxylation is 1. The van der Waals surface area contributed by atoms with Crippen molar-refractivity contribution in [3.63, 3.8) is 0 Å². The zero-order chi connectivity index (χ0) is 22.8. The molecule has 0 fully saturated rings. The van der Waals surface area contributed by atoms with Crippen molar-refractivity contribution in [3.8, 4) is 5.69 Å². The van der Waals surface area contributed by atoms with Gasteiger partial charge in [-0.1, -0.05) is 29.5 Å². The summed E-state index contributed by atoms with van der Waals surface area (Å²) >= 11 is 1.14. The van der Waals surface area contributed by atoms with Crippen molar-refractivity contribution in [1.29, 1.82) is 0 Å². The van der Waals surface area contributed by atoms with E-state index in [4.69, 9.17) is 0 Å². The van der Waals surface area contributed by atoms with Crippen LogP contribution in [0.3, 0.4) is 0 Å². The van der Waals surface area contributed by atoms with Gasteiger partial charge in [-0.25, -0.2) is 9.67 Å². The van der Waals surface area contributed by atoms with Crippen molar-refractivity contribution in [2.45, 2.75) is 31.2 Å². The fourth-order valence-electron chi connectivity index (χ4n) is 3.08. The SMILES string of the molecule is CC(=O)c1ccc(NC(=O)C(C)Sc2nc3c(cnn3-c3ccc(C)cc3)c(=O)[nH]2)cc1. The van der Waals surface area contributed by atoms with Gasteiger partial charge in [-0.15, -0.1) is 0 Å². The quantitative estimate of drug-likeness (QED) is 0.265. The number of rotatable bonds is 6. The zero-order valence-corrected chi connectivity index (χ0v) is 18.6. The maximum absolute atomic E-state index is 12.6. The maximum Gasteiger partial charge on any atom is 0.262 e. The number of H-pyrrole nitrogens is 1. The molecule has 0 aliphatic rings. The highest BCUT2D eigenvalue weighted by atomic mass is 32.2. The number of hydrogen-bond donors (Lipinski definition) is 2. The Morgan fingerprint density at radius 3 is 2.44 bits per heavy atom. The van der Waals surface area contributed by atoms with Crippen molar-refractivity contribution >= 4 is 40.2 Å². The number of Topliss-reactive ketones (excluding diaryl/α,β-unsaturated/α-hetero) is 1. The molecule has 9 heteroatoms. The number of nitrogens with zero attached hydrogens (tertiary/aromatic N) is 3. The predicted octanol–water partition coefficient (Wildman–Crippen LogP) is 3.74. The highest BCUT2D eigenvalue weighted by Crippen LogP contribution is 2.23. The summed E-state index contributed by atoms with van der Waals surface area (Å²) in [6.07, 6.45) is 1.48. The number of ketones is 1. The van der Waals surface area contributed by atoms with Crippen molar-refractivity contribution in [2.24, 2.45) is 0 Å². The summed E-state index contributed by atoms with van der Waals surface area (Å²) in [4.78, 5) is 43.8. The van der Waals surface area contributed by atoms with Gasteiger partial charge in [0.25, 0.3) is 5.56 Å². The number of carbonyl (C=O) groups is 2. The molecule has 0 saturated carbocycles. The van der Waals surface area contributed by atoms with Crippen molar-refractivity contribution < 1.29 is 9.59 Å².